The van der Waals surface area contributed by atoms with Crippen LogP contribution in [0.25, 0.3) is 44.5 Å². The molecule has 0 amide bonds. The first-order valence-electron chi connectivity index (χ1n) is 14.2. The van der Waals surface area contributed by atoms with E-state index in [1.165, 1.54) is 36.4 Å². The Kier molecular flexibility index (Phi) is 8.99. The predicted octanol–water partition coefficient (Wildman–Crippen LogP) is 9.20. The Bertz CT molecular complexity index is 1740. The van der Waals surface area contributed by atoms with Gasteiger partial charge in [-0.05, 0) is 48.3 Å². The van der Waals surface area contributed by atoms with Crippen molar-refractivity contribution < 1.29 is 24.5 Å². The van der Waals surface area contributed by atoms with Crippen LogP contribution in [0.3, 0.4) is 0 Å². The normalized spacial score (nSPS) is 13.5. The van der Waals surface area contributed by atoms with Gasteiger partial charge in [-0.15, -0.1) is 54.1 Å². The number of hydrogen-bond acceptors (Lipinski definition) is 3. The van der Waals surface area contributed by atoms with Crippen LogP contribution in [-0.4, -0.2) is 18.0 Å². The Morgan fingerprint density at radius 3 is 2.29 bits per heavy atom. The van der Waals surface area contributed by atoms with Crippen molar-refractivity contribution in [3.8, 4) is 22.5 Å². The molecule has 0 atom stereocenters. The second-order valence-corrected chi connectivity index (χ2v) is 16.7. The zero-order valence-corrected chi connectivity index (χ0v) is 27.2. The predicted molar refractivity (Wildman–Crippen MR) is 168 cm³/mol. The average molecular weight is 731 g/mol. The Morgan fingerprint density at radius 2 is 1.56 bits per heavy atom. The molecule has 0 aliphatic heterocycles. The number of nitrogens with zero attached hydrogens (tertiary/aromatic N) is 2. The summed E-state index contributed by atoms with van der Waals surface area (Å²) in [7, 11) is -1.36. The maximum atomic E-state index is 6.22. The molecule has 3 aromatic heterocycles. The first-order chi connectivity index (χ1) is 19.5. The van der Waals surface area contributed by atoms with Crippen molar-refractivity contribution in [3.05, 3.63) is 115 Å². The van der Waals surface area contributed by atoms with Gasteiger partial charge in [0, 0.05) is 37.9 Å². The molecule has 7 rings (SSSR count). The van der Waals surface area contributed by atoms with E-state index in [0.717, 1.165) is 50.4 Å². The van der Waals surface area contributed by atoms with Crippen LogP contribution in [0, 0.1) is 12.1 Å². The summed E-state index contributed by atoms with van der Waals surface area (Å²) >= 11 is 0. The van der Waals surface area contributed by atoms with Gasteiger partial charge in [-0.2, -0.15) is 0 Å². The molecule has 41 heavy (non-hydrogen) atoms. The van der Waals surface area contributed by atoms with Crippen molar-refractivity contribution in [2.24, 2.45) is 0 Å². The van der Waals surface area contributed by atoms with Crippen molar-refractivity contribution in [2.75, 3.05) is 0 Å². The van der Waals surface area contributed by atoms with E-state index in [0.29, 0.717) is 0 Å². The molecular weight excluding hydrogens is 697 g/mol. The zero-order valence-electron chi connectivity index (χ0n) is 23.8. The standard InChI is InChI=1S/C20H18NOSi.C16H16N.Ir/c1-23(2,3)14-10-11-15-16-7-6-8-17(18-9-4-5-12-21-18)20(16)22-19(15)13-14;1-2-8-14(9-3-1)16-12-15(10-11-17-16)13-6-4-5-7-13;/h4-7,9-13H,1-3H3;1-3,8,10-13H,4-7H2;/q2*-1;. The van der Waals surface area contributed by atoms with Crippen LogP contribution >= 0.6 is 0 Å². The fourth-order valence-corrected chi connectivity index (χ4v) is 6.72. The van der Waals surface area contributed by atoms with Crippen LogP contribution in [0.1, 0.15) is 37.2 Å². The van der Waals surface area contributed by atoms with Crippen molar-refractivity contribution in [3.63, 3.8) is 0 Å². The monoisotopic (exact) mass is 731 g/mol. The molecule has 3 nitrogen and oxygen atoms in total. The van der Waals surface area contributed by atoms with Crippen molar-refractivity contribution >= 4 is 35.2 Å². The SMILES string of the molecule is C[Si](C)(C)c1ccc2c(c1)oc1c(-c3ccccn3)[c-]ccc12.[Ir].[c-]1ccccc1-c1cc(C2CCCC2)ccn1. The Labute approximate surface area is 257 Å². The van der Waals surface area contributed by atoms with E-state index in [-0.39, 0.29) is 20.1 Å². The fraction of sp³-hybridized carbons (Fsp3) is 0.222. The van der Waals surface area contributed by atoms with Crippen LogP contribution in [0.4, 0.5) is 0 Å². The van der Waals surface area contributed by atoms with Gasteiger partial charge < -0.3 is 14.4 Å². The number of fused-ring (bicyclic) bond motifs is 3. The van der Waals surface area contributed by atoms with Crippen LogP contribution in [0.2, 0.25) is 19.6 Å². The van der Waals surface area contributed by atoms with E-state index in [9.17, 15) is 0 Å². The molecule has 1 aliphatic carbocycles. The van der Waals surface area contributed by atoms with E-state index >= 15 is 0 Å². The minimum atomic E-state index is -1.36. The van der Waals surface area contributed by atoms with E-state index < -0.39 is 8.07 Å². The van der Waals surface area contributed by atoms with Crippen molar-refractivity contribution in [1.29, 1.82) is 0 Å². The van der Waals surface area contributed by atoms with Gasteiger partial charge in [-0.1, -0.05) is 84.5 Å². The van der Waals surface area contributed by atoms with Crippen LogP contribution in [0.15, 0.2) is 102 Å². The topological polar surface area (TPSA) is 38.9 Å². The van der Waals surface area contributed by atoms with Crippen molar-refractivity contribution in [2.45, 2.75) is 51.2 Å². The number of pyridine rings is 2. The summed E-state index contributed by atoms with van der Waals surface area (Å²) in [4.78, 5) is 8.89. The molecule has 0 spiro atoms. The molecule has 1 aliphatic rings. The third-order valence-electron chi connectivity index (χ3n) is 7.82. The summed E-state index contributed by atoms with van der Waals surface area (Å²) in [5.41, 5.74) is 7.23. The van der Waals surface area contributed by atoms with Gasteiger partial charge >= 0.3 is 0 Å². The quantitative estimate of drug-likeness (QED) is 0.134. The summed E-state index contributed by atoms with van der Waals surface area (Å²) in [6.45, 7) is 7.05. The smallest absolute Gasteiger partial charge is 0.120 e. The number of rotatable bonds is 4. The molecule has 0 bridgehead atoms. The van der Waals surface area contributed by atoms with Gasteiger partial charge in [0.1, 0.15) is 5.58 Å². The number of furan rings is 1. The van der Waals surface area contributed by atoms with E-state index in [1.807, 2.05) is 48.7 Å². The second kappa shape index (κ2) is 12.6. The third kappa shape index (κ3) is 6.43. The average Bonchev–Trinajstić information content (AvgIpc) is 3.66. The van der Waals surface area contributed by atoms with Crippen LogP contribution in [0.5, 0.6) is 0 Å². The molecule has 1 radical (unpaired) electrons. The molecule has 1 fully saturated rings. The maximum Gasteiger partial charge on any atom is 0.120 e. The molecule has 209 valence electrons. The summed E-state index contributed by atoms with van der Waals surface area (Å²) in [5, 5.41) is 3.70. The summed E-state index contributed by atoms with van der Waals surface area (Å²) in [6.07, 6.45) is 9.15. The first-order valence-corrected chi connectivity index (χ1v) is 17.7. The molecule has 0 saturated heterocycles. The molecule has 6 aromatic rings. The molecule has 3 aromatic carbocycles. The summed E-state index contributed by atoms with van der Waals surface area (Å²) in [5.74, 6) is 0.750. The third-order valence-corrected chi connectivity index (χ3v) is 9.86. The van der Waals surface area contributed by atoms with Crippen LogP contribution < -0.4 is 5.19 Å². The molecule has 1 saturated carbocycles. The Morgan fingerprint density at radius 1 is 0.756 bits per heavy atom. The molecule has 3 heterocycles. The van der Waals surface area contributed by atoms with E-state index in [4.69, 9.17) is 4.42 Å². The summed E-state index contributed by atoms with van der Waals surface area (Å²) < 4.78 is 6.22. The van der Waals surface area contributed by atoms with E-state index in [2.05, 4.69) is 84.2 Å². The zero-order chi connectivity index (χ0) is 27.5. The number of hydrogen-bond donors (Lipinski definition) is 0. The Hall–Kier alpha value is -3.37. The summed E-state index contributed by atoms with van der Waals surface area (Å²) in [6, 6.07) is 35.6. The largest absolute Gasteiger partial charge is 0.501 e. The Balaban J connectivity index is 0.000000168. The van der Waals surface area contributed by atoms with Gasteiger partial charge in [0.2, 0.25) is 0 Å². The minimum absolute atomic E-state index is 0. The molecule has 0 unspecified atom stereocenters. The van der Waals surface area contributed by atoms with Crippen molar-refractivity contribution in [1.82, 2.24) is 9.97 Å². The van der Waals surface area contributed by atoms with E-state index in [1.54, 1.807) is 6.20 Å². The molecular formula is C36H34IrN2OSi-2. The number of aromatic nitrogens is 2. The van der Waals surface area contributed by atoms with Gasteiger partial charge in [0.15, 0.2) is 0 Å². The minimum Gasteiger partial charge on any atom is -0.501 e. The van der Waals surface area contributed by atoms with Gasteiger partial charge in [0.05, 0.1) is 13.7 Å². The maximum absolute atomic E-state index is 6.22. The van der Waals surface area contributed by atoms with Gasteiger partial charge in [0.25, 0.3) is 0 Å². The fourth-order valence-electron chi connectivity index (χ4n) is 5.57. The molecule has 0 N–H and O–H groups in total. The van der Waals surface area contributed by atoms with Gasteiger partial charge in [-0.3, -0.25) is 0 Å². The van der Waals surface area contributed by atoms with Crippen LogP contribution in [-0.2, 0) is 20.1 Å². The number of benzene rings is 3. The van der Waals surface area contributed by atoms with Gasteiger partial charge in [-0.25, -0.2) is 0 Å². The first kappa shape index (κ1) is 29.1. The molecule has 5 heteroatoms. The second-order valence-electron chi connectivity index (χ2n) is 11.6.